The maximum absolute atomic E-state index is 12.9. The maximum Gasteiger partial charge on any atom is 0.341 e. The third-order valence-electron chi connectivity index (χ3n) is 4.41. The van der Waals surface area contributed by atoms with Gasteiger partial charge in [-0.25, -0.2) is 4.79 Å². The lowest BCUT2D eigenvalue weighted by atomic mass is 10.1. The van der Waals surface area contributed by atoms with Gasteiger partial charge in [-0.3, -0.25) is 4.79 Å². The van der Waals surface area contributed by atoms with Gasteiger partial charge < -0.3 is 14.8 Å². The van der Waals surface area contributed by atoms with Crippen molar-refractivity contribution in [2.45, 2.75) is 33.6 Å². The topological polar surface area (TPSA) is 88.4 Å². The third-order valence-corrected chi connectivity index (χ3v) is 6.31. The summed E-state index contributed by atoms with van der Waals surface area (Å²) in [6.07, 6.45) is 3.19. The van der Waals surface area contributed by atoms with Crippen LogP contribution in [-0.2, 0) is 4.74 Å². The first-order chi connectivity index (χ1) is 14.7. The van der Waals surface area contributed by atoms with Gasteiger partial charge in [-0.2, -0.15) is 5.26 Å². The number of ether oxygens (including phenoxy) is 2. The van der Waals surface area contributed by atoms with E-state index in [1.165, 1.54) is 36.7 Å². The molecule has 0 unspecified atom stereocenters. The lowest BCUT2D eigenvalue weighted by Crippen LogP contribution is -2.14. The minimum atomic E-state index is -0.587. The van der Waals surface area contributed by atoms with Gasteiger partial charge in [0.25, 0.3) is 5.91 Å². The molecule has 2 aromatic rings. The van der Waals surface area contributed by atoms with Crippen LogP contribution in [0.15, 0.2) is 18.2 Å². The van der Waals surface area contributed by atoms with Crippen LogP contribution in [0.1, 0.15) is 57.8 Å². The van der Waals surface area contributed by atoms with Crippen LogP contribution in [0.4, 0.5) is 5.00 Å². The van der Waals surface area contributed by atoms with E-state index in [9.17, 15) is 9.59 Å². The molecule has 164 valence electrons. The summed E-state index contributed by atoms with van der Waals surface area (Å²) < 4.78 is 10.5. The highest BCUT2D eigenvalue weighted by atomic mass is 35.5. The van der Waals surface area contributed by atoms with Crippen LogP contribution in [-0.4, -0.2) is 25.6 Å². The number of rotatable bonds is 8. The molecule has 1 N–H and O–H groups in total. The number of halogens is 2. The van der Waals surface area contributed by atoms with Gasteiger partial charge in [0.1, 0.15) is 5.00 Å². The second-order valence-corrected chi connectivity index (χ2v) is 8.47. The fraction of sp³-hybridized carbons (Fsp3) is 0.318. The fourth-order valence-electron chi connectivity index (χ4n) is 2.81. The number of carbonyl (C=O) groups excluding carboxylic acids is 2. The molecule has 1 heterocycles. The molecule has 0 spiro atoms. The Labute approximate surface area is 195 Å². The SMILES string of the molecule is CCCCOc1c(Cl)cc(C(=O)Nc2sc(/C(C)=C\C#N)c(C)c2C(=O)OC)cc1Cl. The number of anilines is 1. The number of methoxy groups -OCH3 is 1. The first kappa shape index (κ1) is 24.7. The van der Waals surface area contributed by atoms with Crippen molar-refractivity contribution in [3.05, 3.63) is 49.8 Å². The van der Waals surface area contributed by atoms with Crippen LogP contribution in [0.5, 0.6) is 5.75 Å². The molecular weight excluding hydrogens is 459 g/mol. The van der Waals surface area contributed by atoms with Gasteiger partial charge in [-0.1, -0.05) is 36.5 Å². The van der Waals surface area contributed by atoms with Crippen molar-refractivity contribution in [3.63, 3.8) is 0 Å². The molecule has 9 heteroatoms. The number of esters is 1. The largest absolute Gasteiger partial charge is 0.490 e. The van der Waals surface area contributed by atoms with E-state index in [1.807, 2.05) is 13.0 Å². The quantitative estimate of drug-likeness (QED) is 0.264. The molecule has 0 saturated carbocycles. The third kappa shape index (κ3) is 5.79. The second kappa shape index (κ2) is 11.2. The number of carbonyl (C=O) groups is 2. The average molecular weight is 481 g/mol. The number of benzene rings is 1. The van der Waals surface area contributed by atoms with Crippen molar-refractivity contribution in [3.8, 4) is 11.8 Å². The Bertz CT molecular complexity index is 1050. The normalized spacial score (nSPS) is 11.1. The summed E-state index contributed by atoms with van der Waals surface area (Å²) in [7, 11) is 1.26. The molecule has 0 saturated heterocycles. The van der Waals surface area contributed by atoms with E-state index in [0.717, 1.165) is 12.8 Å². The molecule has 0 radical (unpaired) electrons. The molecular formula is C22H22Cl2N2O4S. The predicted molar refractivity (Wildman–Crippen MR) is 124 cm³/mol. The average Bonchev–Trinajstić information content (AvgIpc) is 3.05. The number of nitrogens with one attached hydrogen (secondary N) is 1. The summed E-state index contributed by atoms with van der Waals surface area (Å²) in [5.74, 6) is -0.755. The Morgan fingerprint density at radius 2 is 1.94 bits per heavy atom. The van der Waals surface area contributed by atoms with E-state index in [0.29, 0.717) is 33.4 Å². The highest BCUT2D eigenvalue weighted by molar-refractivity contribution is 7.18. The van der Waals surface area contributed by atoms with E-state index in [4.69, 9.17) is 37.9 Å². The zero-order valence-corrected chi connectivity index (χ0v) is 19.9. The number of hydrogen-bond acceptors (Lipinski definition) is 6. The zero-order chi connectivity index (χ0) is 23.1. The highest BCUT2D eigenvalue weighted by Crippen LogP contribution is 2.39. The summed E-state index contributed by atoms with van der Waals surface area (Å²) in [4.78, 5) is 25.9. The van der Waals surface area contributed by atoms with E-state index >= 15 is 0 Å². The monoisotopic (exact) mass is 480 g/mol. The van der Waals surface area contributed by atoms with Gasteiger partial charge in [0, 0.05) is 16.5 Å². The van der Waals surface area contributed by atoms with Crippen molar-refractivity contribution >= 4 is 57.0 Å². The minimum absolute atomic E-state index is 0.213. The van der Waals surface area contributed by atoms with Crippen LogP contribution >= 0.6 is 34.5 Å². The summed E-state index contributed by atoms with van der Waals surface area (Å²) in [5.41, 5.74) is 1.74. The number of thiophene rings is 1. The van der Waals surface area contributed by atoms with Crippen molar-refractivity contribution in [2.75, 3.05) is 19.0 Å². The first-order valence-corrected chi connectivity index (χ1v) is 11.0. The molecule has 0 aliphatic carbocycles. The fourth-order valence-corrected chi connectivity index (χ4v) is 4.57. The molecule has 1 aromatic carbocycles. The van der Waals surface area contributed by atoms with Crippen LogP contribution in [0.25, 0.3) is 5.57 Å². The van der Waals surface area contributed by atoms with Gasteiger partial charge in [-0.15, -0.1) is 11.3 Å². The summed E-state index contributed by atoms with van der Waals surface area (Å²) in [6.45, 7) is 6.00. The van der Waals surface area contributed by atoms with Gasteiger partial charge in [0.05, 0.1) is 35.4 Å². The summed E-state index contributed by atoms with van der Waals surface area (Å²) in [5, 5.41) is 12.4. The van der Waals surface area contributed by atoms with E-state index < -0.39 is 11.9 Å². The smallest absolute Gasteiger partial charge is 0.341 e. The van der Waals surface area contributed by atoms with Crippen LogP contribution in [0.3, 0.4) is 0 Å². The predicted octanol–water partition coefficient (Wildman–Crippen LogP) is 6.51. The number of amides is 1. The molecule has 0 atom stereocenters. The van der Waals surface area contributed by atoms with Gasteiger partial charge in [-0.05, 0) is 43.5 Å². The first-order valence-electron chi connectivity index (χ1n) is 9.46. The van der Waals surface area contributed by atoms with Gasteiger partial charge in [0.2, 0.25) is 0 Å². The Balaban J connectivity index is 2.39. The van der Waals surface area contributed by atoms with Gasteiger partial charge >= 0.3 is 5.97 Å². The van der Waals surface area contributed by atoms with Crippen LogP contribution < -0.4 is 10.1 Å². The minimum Gasteiger partial charge on any atom is -0.490 e. The molecule has 0 fully saturated rings. The molecule has 0 aliphatic heterocycles. The van der Waals surface area contributed by atoms with E-state index in [-0.39, 0.29) is 21.2 Å². The van der Waals surface area contributed by atoms with Crippen LogP contribution in [0.2, 0.25) is 10.0 Å². The van der Waals surface area contributed by atoms with Crippen molar-refractivity contribution in [2.24, 2.45) is 0 Å². The number of nitriles is 1. The Hall–Kier alpha value is -2.53. The Morgan fingerprint density at radius 3 is 2.48 bits per heavy atom. The number of unbranched alkanes of at least 4 members (excludes halogenated alkanes) is 1. The maximum atomic E-state index is 12.9. The van der Waals surface area contributed by atoms with Gasteiger partial charge in [0.15, 0.2) is 5.75 Å². The second-order valence-electron chi connectivity index (χ2n) is 6.63. The summed E-state index contributed by atoms with van der Waals surface area (Å²) in [6, 6.07) is 4.89. The molecule has 1 amide bonds. The lowest BCUT2D eigenvalue weighted by molar-refractivity contribution is 0.0601. The molecule has 31 heavy (non-hydrogen) atoms. The van der Waals surface area contributed by atoms with E-state index in [1.54, 1.807) is 13.8 Å². The number of hydrogen-bond donors (Lipinski definition) is 1. The van der Waals surface area contributed by atoms with E-state index in [2.05, 4.69) is 5.32 Å². The van der Waals surface area contributed by atoms with Crippen LogP contribution in [0, 0.1) is 18.3 Å². The highest BCUT2D eigenvalue weighted by Gasteiger charge is 2.24. The van der Waals surface area contributed by atoms with Crippen molar-refractivity contribution in [1.29, 1.82) is 5.26 Å². The number of nitrogens with zero attached hydrogens (tertiary/aromatic N) is 1. The number of allylic oxidation sites excluding steroid dienone is 2. The van der Waals surface area contributed by atoms with Crippen molar-refractivity contribution < 1.29 is 19.1 Å². The standard InChI is InChI=1S/C22H22Cl2N2O4S/c1-5-6-9-30-18-15(23)10-14(11-16(18)24)20(27)26-21-17(22(28)29-4)13(3)19(31-21)12(2)7-8-25/h7,10-11H,5-6,9H2,1-4H3,(H,26,27)/b12-7-. The van der Waals surface area contributed by atoms with Crippen molar-refractivity contribution in [1.82, 2.24) is 0 Å². The molecule has 6 nitrogen and oxygen atoms in total. The lowest BCUT2D eigenvalue weighted by Gasteiger charge is -2.12. The molecule has 2 rings (SSSR count). The summed E-state index contributed by atoms with van der Waals surface area (Å²) >= 11 is 13.7. The zero-order valence-electron chi connectivity index (χ0n) is 17.6. The Kier molecular flexibility index (Phi) is 8.93. The molecule has 0 aliphatic rings. The molecule has 1 aromatic heterocycles. The Morgan fingerprint density at radius 1 is 1.29 bits per heavy atom. The molecule has 0 bridgehead atoms.